The molecule has 4 rings (SSSR count). The summed E-state index contributed by atoms with van der Waals surface area (Å²) < 4.78 is 1.84. The van der Waals surface area contributed by atoms with Crippen molar-refractivity contribution in [1.29, 1.82) is 0 Å². The standard InChI is InChI=1S/C24H26N4O/c1-27(21-10-4-2-5-11-21)23(29)15-14-20-18-28(22-12-6-3-7-13-22)26-24(20)19-9-8-16-25-17-19/h3,6-9,12-18,21H,2,4-5,10-11H2,1H3. The monoisotopic (exact) mass is 386 g/mol. The van der Waals surface area contributed by atoms with Crippen LogP contribution in [0.3, 0.4) is 0 Å². The van der Waals surface area contributed by atoms with Gasteiger partial charge in [-0.15, -0.1) is 0 Å². The Hall–Kier alpha value is -3.21. The molecule has 2 aromatic heterocycles. The lowest BCUT2D eigenvalue weighted by Crippen LogP contribution is -2.37. The topological polar surface area (TPSA) is 51.0 Å². The molecule has 1 aliphatic carbocycles. The fourth-order valence-electron chi connectivity index (χ4n) is 3.88. The summed E-state index contributed by atoms with van der Waals surface area (Å²) in [5, 5.41) is 4.76. The van der Waals surface area contributed by atoms with Gasteiger partial charge in [-0.3, -0.25) is 9.78 Å². The van der Waals surface area contributed by atoms with Crippen molar-refractivity contribution in [3.8, 4) is 16.9 Å². The maximum atomic E-state index is 12.7. The maximum Gasteiger partial charge on any atom is 0.246 e. The van der Waals surface area contributed by atoms with Crippen LogP contribution in [-0.2, 0) is 4.79 Å². The Morgan fingerprint density at radius 3 is 2.62 bits per heavy atom. The van der Waals surface area contributed by atoms with Crippen LogP contribution >= 0.6 is 0 Å². The van der Waals surface area contributed by atoms with E-state index < -0.39 is 0 Å². The molecular weight excluding hydrogens is 360 g/mol. The number of carbonyl (C=O) groups is 1. The first-order chi connectivity index (χ1) is 14.2. The quantitative estimate of drug-likeness (QED) is 0.595. The zero-order valence-electron chi connectivity index (χ0n) is 16.7. The highest BCUT2D eigenvalue weighted by Crippen LogP contribution is 2.25. The molecule has 0 atom stereocenters. The lowest BCUT2D eigenvalue weighted by molar-refractivity contribution is -0.127. The van der Waals surface area contributed by atoms with Crippen LogP contribution in [0.5, 0.6) is 0 Å². The molecule has 1 aliphatic rings. The minimum Gasteiger partial charge on any atom is -0.339 e. The number of para-hydroxylation sites is 1. The molecule has 148 valence electrons. The van der Waals surface area contributed by atoms with Crippen LogP contribution in [0.25, 0.3) is 23.0 Å². The van der Waals surface area contributed by atoms with Crippen LogP contribution in [-0.4, -0.2) is 38.7 Å². The molecule has 0 N–H and O–H groups in total. The summed E-state index contributed by atoms with van der Waals surface area (Å²) in [5.41, 5.74) is 3.61. The van der Waals surface area contributed by atoms with Crippen molar-refractivity contribution in [3.05, 3.63) is 72.7 Å². The van der Waals surface area contributed by atoms with Crippen LogP contribution in [0, 0.1) is 0 Å². The third-order valence-electron chi connectivity index (χ3n) is 5.57. The summed E-state index contributed by atoms with van der Waals surface area (Å²) in [5.74, 6) is 0.0431. The van der Waals surface area contributed by atoms with Gasteiger partial charge in [-0.1, -0.05) is 37.5 Å². The van der Waals surface area contributed by atoms with E-state index in [0.717, 1.165) is 35.3 Å². The molecule has 1 aromatic carbocycles. The number of pyridine rings is 1. The molecule has 1 saturated carbocycles. The summed E-state index contributed by atoms with van der Waals surface area (Å²) >= 11 is 0. The number of likely N-dealkylation sites (N-methyl/N-ethyl adjacent to an activating group) is 1. The third-order valence-corrected chi connectivity index (χ3v) is 5.57. The number of rotatable bonds is 5. The largest absolute Gasteiger partial charge is 0.339 e. The summed E-state index contributed by atoms with van der Waals surface area (Å²) in [4.78, 5) is 18.8. The van der Waals surface area contributed by atoms with Gasteiger partial charge in [0.15, 0.2) is 0 Å². The first-order valence-corrected chi connectivity index (χ1v) is 10.2. The van der Waals surface area contributed by atoms with Gasteiger partial charge in [0.2, 0.25) is 5.91 Å². The number of hydrogen-bond acceptors (Lipinski definition) is 3. The van der Waals surface area contributed by atoms with Gasteiger partial charge in [-0.25, -0.2) is 4.68 Å². The van der Waals surface area contributed by atoms with E-state index in [2.05, 4.69) is 4.98 Å². The van der Waals surface area contributed by atoms with E-state index in [1.54, 1.807) is 18.5 Å². The van der Waals surface area contributed by atoms with E-state index >= 15 is 0 Å². The second kappa shape index (κ2) is 8.86. The van der Waals surface area contributed by atoms with Gasteiger partial charge >= 0.3 is 0 Å². The van der Waals surface area contributed by atoms with Crippen molar-refractivity contribution in [3.63, 3.8) is 0 Å². The highest BCUT2D eigenvalue weighted by atomic mass is 16.2. The smallest absolute Gasteiger partial charge is 0.246 e. The number of carbonyl (C=O) groups excluding carboxylic acids is 1. The maximum absolute atomic E-state index is 12.7. The van der Waals surface area contributed by atoms with E-state index in [-0.39, 0.29) is 5.91 Å². The fraction of sp³-hybridized carbons (Fsp3) is 0.292. The number of nitrogens with zero attached hydrogens (tertiary/aromatic N) is 4. The van der Waals surface area contributed by atoms with Gasteiger partial charge in [0.25, 0.3) is 0 Å². The Balaban J connectivity index is 1.62. The van der Waals surface area contributed by atoms with Crippen molar-refractivity contribution in [2.24, 2.45) is 0 Å². The summed E-state index contributed by atoms with van der Waals surface area (Å²) in [6, 6.07) is 14.2. The van der Waals surface area contributed by atoms with Crippen LogP contribution in [0.4, 0.5) is 0 Å². The zero-order chi connectivity index (χ0) is 20.1. The van der Waals surface area contributed by atoms with Crippen molar-refractivity contribution in [2.75, 3.05) is 7.05 Å². The number of aromatic nitrogens is 3. The lowest BCUT2D eigenvalue weighted by Gasteiger charge is -2.30. The molecule has 1 amide bonds. The predicted molar refractivity (Wildman–Crippen MR) is 115 cm³/mol. The van der Waals surface area contributed by atoms with E-state index in [4.69, 9.17) is 5.10 Å². The highest BCUT2D eigenvalue weighted by molar-refractivity contribution is 5.92. The van der Waals surface area contributed by atoms with E-state index in [9.17, 15) is 4.79 Å². The first-order valence-electron chi connectivity index (χ1n) is 10.2. The summed E-state index contributed by atoms with van der Waals surface area (Å²) in [7, 11) is 1.91. The molecule has 1 fully saturated rings. The number of benzene rings is 1. The Bertz CT molecular complexity index is 973. The third kappa shape index (κ3) is 4.45. The molecule has 0 unspecified atom stereocenters. The normalized spacial score (nSPS) is 14.9. The molecule has 0 aliphatic heterocycles. The van der Waals surface area contributed by atoms with Crippen LogP contribution in [0.15, 0.2) is 67.1 Å². The highest BCUT2D eigenvalue weighted by Gasteiger charge is 2.20. The Kier molecular flexibility index (Phi) is 5.84. The van der Waals surface area contributed by atoms with E-state index in [1.807, 2.05) is 71.4 Å². The minimum atomic E-state index is 0.0431. The molecule has 0 radical (unpaired) electrons. The van der Waals surface area contributed by atoms with Crippen molar-refractivity contribution < 1.29 is 4.79 Å². The fourth-order valence-corrected chi connectivity index (χ4v) is 3.88. The average Bonchev–Trinajstić information content (AvgIpc) is 3.23. The van der Waals surface area contributed by atoms with E-state index in [0.29, 0.717) is 6.04 Å². The first kappa shape index (κ1) is 19.1. The van der Waals surface area contributed by atoms with Gasteiger partial charge in [0.1, 0.15) is 5.69 Å². The minimum absolute atomic E-state index is 0.0431. The lowest BCUT2D eigenvalue weighted by atomic mass is 9.94. The number of hydrogen-bond donors (Lipinski definition) is 0. The van der Waals surface area contributed by atoms with Crippen LogP contribution in [0.2, 0.25) is 0 Å². The molecule has 2 heterocycles. The van der Waals surface area contributed by atoms with Crippen molar-refractivity contribution >= 4 is 12.0 Å². The van der Waals surface area contributed by atoms with Gasteiger partial charge in [0.05, 0.1) is 5.69 Å². The second-order valence-corrected chi connectivity index (χ2v) is 7.53. The van der Waals surface area contributed by atoms with Gasteiger partial charge in [-0.05, 0) is 43.2 Å². The summed E-state index contributed by atoms with van der Waals surface area (Å²) in [6.07, 6.45) is 14.9. The Morgan fingerprint density at radius 1 is 1.10 bits per heavy atom. The molecule has 0 bridgehead atoms. The second-order valence-electron chi connectivity index (χ2n) is 7.53. The Labute approximate surface area is 171 Å². The SMILES string of the molecule is CN(C(=O)C=Cc1cn(-c2ccccc2)nc1-c1cccnc1)C1CCCCC1. The summed E-state index contributed by atoms with van der Waals surface area (Å²) in [6.45, 7) is 0. The molecule has 3 aromatic rings. The van der Waals surface area contributed by atoms with E-state index in [1.165, 1.54) is 19.3 Å². The van der Waals surface area contributed by atoms with Crippen LogP contribution in [0.1, 0.15) is 37.7 Å². The van der Waals surface area contributed by atoms with Crippen LogP contribution < -0.4 is 0 Å². The predicted octanol–water partition coefficient (Wildman–Crippen LogP) is 4.74. The van der Waals surface area contributed by atoms with Gasteiger partial charge in [-0.2, -0.15) is 5.10 Å². The molecule has 29 heavy (non-hydrogen) atoms. The van der Waals surface area contributed by atoms with Gasteiger partial charge < -0.3 is 4.90 Å². The molecule has 0 saturated heterocycles. The molecule has 5 heteroatoms. The van der Waals surface area contributed by atoms with Gasteiger partial charge in [0, 0.05) is 48.9 Å². The Morgan fingerprint density at radius 2 is 1.90 bits per heavy atom. The number of amides is 1. The zero-order valence-corrected chi connectivity index (χ0v) is 16.7. The molecular formula is C24H26N4O. The van der Waals surface area contributed by atoms with Crippen molar-refractivity contribution in [2.45, 2.75) is 38.1 Å². The molecule has 5 nitrogen and oxygen atoms in total. The average molecular weight is 386 g/mol. The van der Waals surface area contributed by atoms with Crippen molar-refractivity contribution in [1.82, 2.24) is 19.7 Å². The molecule has 0 spiro atoms.